The number of benzene rings is 2. The lowest BCUT2D eigenvalue weighted by atomic mass is 10.1. The van der Waals surface area contributed by atoms with E-state index in [0.717, 1.165) is 24.3 Å². The van der Waals surface area contributed by atoms with Crippen molar-refractivity contribution in [3.63, 3.8) is 0 Å². The Bertz CT molecular complexity index is 1140. The molecule has 2 aromatic carbocycles. The maximum absolute atomic E-state index is 12.9. The van der Waals surface area contributed by atoms with Crippen molar-refractivity contribution in [2.24, 2.45) is 0 Å². The zero-order chi connectivity index (χ0) is 22.9. The molecule has 0 radical (unpaired) electrons. The van der Waals surface area contributed by atoms with Gasteiger partial charge in [-0.25, -0.2) is 13.2 Å². The van der Waals surface area contributed by atoms with Crippen LogP contribution in [0.2, 0.25) is 5.02 Å². The number of alkyl halides is 6. The van der Waals surface area contributed by atoms with Gasteiger partial charge >= 0.3 is 17.7 Å². The molecule has 0 aliphatic rings. The minimum atomic E-state index is -5.81. The van der Waals surface area contributed by atoms with Crippen LogP contribution in [0.3, 0.4) is 0 Å². The van der Waals surface area contributed by atoms with E-state index in [-0.39, 0.29) is 5.69 Å². The first-order valence-electron chi connectivity index (χ1n) is 7.47. The van der Waals surface area contributed by atoms with Crippen molar-refractivity contribution < 1.29 is 39.6 Å². The number of nitriles is 1. The third kappa shape index (κ3) is 4.95. The van der Waals surface area contributed by atoms with Gasteiger partial charge in [-0.05, 0) is 36.4 Å². The van der Waals surface area contributed by atoms with Gasteiger partial charge in [0, 0.05) is 11.4 Å². The summed E-state index contributed by atoms with van der Waals surface area (Å²) in [7, 11) is -5.81. The van der Waals surface area contributed by atoms with Crippen LogP contribution in [0.15, 0.2) is 41.3 Å². The van der Waals surface area contributed by atoms with Gasteiger partial charge in [0.1, 0.15) is 0 Å². The lowest BCUT2D eigenvalue weighted by molar-refractivity contribution is -0.137. The van der Waals surface area contributed by atoms with Gasteiger partial charge in [-0.15, -0.1) is 0 Å². The zero-order valence-corrected chi connectivity index (χ0v) is 15.8. The average molecular weight is 472 g/mol. The molecule has 0 spiro atoms. The van der Waals surface area contributed by atoms with E-state index in [2.05, 4.69) is 0 Å². The number of nitrogens with zero attached hydrogens (tertiary/aromatic N) is 1. The van der Waals surface area contributed by atoms with Crippen molar-refractivity contribution in [2.75, 3.05) is 10.6 Å². The van der Waals surface area contributed by atoms with E-state index in [9.17, 15) is 39.6 Å². The molecule has 0 fully saturated rings. The van der Waals surface area contributed by atoms with Crippen LogP contribution in [0.4, 0.5) is 42.5 Å². The van der Waals surface area contributed by atoms with E-state index in [1.54, 1.807) is 0 Å². The van der Waals surface area contributed by atoms with Crippen LogP contribution in [0.25, 0.3) is 0 Å². The van der Waals surface area contributed by atoms with Crippen LogP contribution >= 0.6 is 11.6 Å². The van der Waals surface area contributed by atoms with Gasteiger partial charge in [0.25, 0.3) is 9.84 Å². The smallest absolute Gasteiger partial charge is 0.308 e. The third-order valence-electron chi connectivity index (χ3n) is 3.49. The Hall–Kier alpha value is -2.98. The fourth-order valence-corrected chi connectivity index (χ4v) is 3.44. The van der Waals surface area contributed by atoms with Gasteiger partial charge in [-0.2, -0.15) is 31.6 Å². The van der Waals surface area contributed by atoms with Crippen molar-refractivity contribution in [3.8, 4) is 6.07 Å². The quantitative estimate of drug-likeness (QED) is 0.603. The van der Waals surface area contributed by atoms with Crippen molar-refractivity contribution in [3.05, 3.63) is 52.5 Å². The lowest BCUT2D eigenvalue weighted by Gasteiger charge is -2.13. The second-order valence-corrected chi connectivity index (χ2v) is 7.86. The largest absolute Gasteiger partial charge is 0.501 e. The number of amides is 2. The molecule has 0 unspecified atom stereocenters. The van der Waals surface area contributed by atoms with Crippen molar-refractivity contribution in [1.29, 1.82) is 5.26 Å². The van der Waals surface area contributed by atoms with Crippen molar-refractivity contribution >= 4 is 38.8 Å². The molecule has 0 bridgehead atoms. The molecule has 2 aromatic rings. The Morgan fingerprint density at radius 1 is 0.967 bits per heavy atom. The molecule has 0 aliphatic heterocycles. The number of hydrogen-bond acceptors (Lipinski definition) is 4. The molecule has 2 rings (SSSR count). The first-order chi connectivity index (χ1) is 13.7. The standard InChI is InChI=1S/C16H8ClF6N3O3S/c17-12-4-3-10(6-13(12)30(28,29)16(21,22)23)26-14(27)25-9-2-1-8(7-24)11(5-9)15(18,19)20/h1-6H,(H2,25,26,27). The van der Waals surface area contributed by atoms with Gasteiger partial charge < -0.3 is 10.6 Å². The van der Waals surface area contributed by atoms with E-state index in [1.807, 2.05) is 10.6 Å². The number of carbonyl (C=O) groups is 1. The highest BCUT2D eigenvalue weighted by atomic mass is 35.5. The minimum Gasteiger partial charge on any atom is -0.308 e. The summed E-state index contributed by atoms with van der Waals surface area (Å²) in [5.74, 6) is 0. The van der Waals surface area contributed by atoms with E-state index >= 15 is 0 Å². The predicted octanol–water partition coefficient (Wildman–Crippen LogP) is 5.17. The summed E-state index contributed by atoms with van der Waals surface area (Å²) >= 11 is 5.50. The Labute approximate surface area is 170 Å². The summed E-state index contributed by atoms with van der Waals surface area (Å²) in [6.07, 6.45) is -4.88. The molecule has 14 heteroatoms. The number of rotatable bonds is 3. The molecule has 6 nitrogen and oxygen atoms in total. The van der Waals surface area contributed by atoms with E-state index < -0.39 is 54.3 Å². The molecule has 2 amide bonds. The Balaban J connectivity index is 2.28. The molecule has 0 atom stereocenters. The van der Waals surface area contributed by atoms with Gasteiger partial charge in [0.15, 0.2) is 0 Å². The maximum atomic E-state index is 12.9. The van der Waals surface area contributed by atoms with Crippen LogP contribution in [0.5, 0.6) is 0 Å². The minimum absolute atomic E-state index is 0.379. The molecule has 0 aliphatic carbocycles. The van der Waals surface area contributed by atoms with Crippen LogP contribution in [0, 0.1) is 11.3 Å². The molecule has 0 saturated heterocycles. The molecule has 160 valence electrons. The number of halogens is 7. The highest BCUT2D eigenvalue weighted by Gasteiger charge is 2.48. The summed E-state index contributed by atoms with van der Waals surface area (Å²) in [6, 6.07) is 4.68. The highest BCUT2D eigenvalue weighted by molar-refractivity contribution is 7.92. The summed E-state index contributed by atoms with van der Waals surface area (Å²) in [4.78, 5) is 10.7. The molecular formula is C16H8ClF6N3O3S. The van der Waals surface area contributed by atoms with Crippen LogP contribution < -0.4 is 10.6 Å². The number of carbonyl (C=O) groups excluding carboxylic acids is 1. The summed E-state index contributed by atoms with van der Waals surface area (Å²) in [6.45, 7) is 0. The summed E-state index contributed by atoms with van der Waals surface area (Å²) in [5.41, 5.74) is -8.45. The fraction of sp³-hybridized carbons (Fsp3) is 0.125. The zero-order valence-electron chi connectivity index (χ0n) is 14.2. The summed E-state index contributed by atoms with van der Waals surface area (Å²) in [5, 5.41) is 12.0. The topological polar surface area (TPSA) is 99.1 Å². The second kappa shape index (κ2) is 8.04. The van der Waals surface area contributed by atoms with Crippen molar-refractivity contribution in [2.45, 2.75) is 16.6 Å². The summed E-state index contributed by atoms with van der Waals surface area (Å²) < 4.78 is 100. The first kappa shape index (κ1) is 23.3. The number of hydrogen-bond donors (Lipinski definition) is 2. The van der Waals surface area contributed by atoms with E-state index in [4.69, 9.17) is 16.9 Å². The Morgan fingerprint density at radius 2 is 1.50 bits per heavy atom. The molecule has 0 aromatic heterocycles. The second-order valence-electron chi connectivity index (χ2n) is 5.54. The number of urea groups is 1. The number of nitrogens with one attached hydrogen (secondary N) is 2. The van der Waals surface area contributed by atoms with E-state index in [1.165, 1.54) is 6.07 Å². The van der Waals surface area contributed by atoms with E-state index in [0.29, 0.717) is 12.1 Å². The molecule has 0 saturated carbocycles. The van der Waals surface area contributed by atoms with Gasteiger partial charge in [0.2, 0.25) is 0 Å². The number of sulfone groups is 1. The Morgan fingerprint density at radius 3 is 2.00 bits per heavy atom. The van der Waals surface area contributed by atoms with Crippen molar-refractivity contribution in [1.82, 2.24) is 0 Å². The number of anilines is 2. The van der Waals surface area contributed by atoms with Crippen LogP contribution in [-0.2, 0) is 16.0 Å². The van der Waals surface area contributed by atoms with Crippen LogP contribution in [-0.4, -0.2) is 20.0 Å². The lowest BCUT2D eigenvalue weighted by Crippen LogP contribution is -2.24. The maximum Gasteiger partial charge on any atom is 0.501 e. The molecule has 2 N–H and O–H groups in total. The average Bonchev–Trinajstić information content (AvgIpc) is 2.61. The first-order valence-corrected chi connectivity index (χ1v) is 9.33. The Kier molecular flexibility index (Phi) is 6.24. The predicted molar refractivity (Wildman–Crippen MR) is 93.5 cm³/mol. The monoisotopic (exact) mass is 471 g/mol. The third-order valence-corrected chi connectivity index (χ3v) is 5.45. The fourth-order valence-electron chi connectivity index (χ4n) is 2.16. The van der Waals surface area contributed by atoms with Gasteiger partial charge in [-0.3, -0.25) is 0 Å². The SMILES string of the molecule is N#Cc1ccc(NC(=O)Nc2ccc(Cl)c(S(=O)(=O)C(F)(F)F)c2)cc1C(F)(F)F. The molecule has 30 heavy (non-hydrogen) atoms. The molecular weight excluding hydrogens is 464 g/mol. The normalized spacial score (nSPS) is 12.2. The van der Waals surface area contributed by atoms with Gasteiger partial charge in [0.05, 0.1) is 27.1 Å². The van der Waals surface area contributed by atoms with Gasteiger partial charge in [-0.1, -0.05) is 11.6 Å². The highest BCUT2D eigenvalue weighted by Crippen LogP contribution is 2.36. The molecule has 0 heterocycles. The van der Waals surface area contributed by atoms with Crippen LogP contribution in [0.1, 0.15) is 11.1 Å².